The highest BCUT2D eigenvalue weighted by atomic mass is 32.2. The van der Waals surface area contributed by atoms with E-state index in [4.69, 9.17) is 0 Å². The SMILES string of the molecule is CSc1n[nH]c2c1CNC2. The quantitative estimate of drug-likeness (QED) is 0.587. The van der Waals surface area contributed by atoms with Gasteiger partial charge in [0.2, 0.25) is 0 Å². The van der Waals surface area contributed by atoms with E-state index in [1.54, 1.807) is 11.8 Å². The van der Waals surface area contributed by atoms with Crippen molar-refractivity contribution in [2.75, 3.05) is 6.26 Å². The van der Waals surface area contributed by atoms with Crippen molar-refractivity contribution in [2.45, 2.75) is 18.1 Å². The van der Waals surface area contributed by atoms with Gasteiger partial charge >= 0.3 is 0 Å². The molecule has 2 N–H and O–H groups in total. The van der Waals surface area contributed by atoms with Crippen LogP contribution in [-0.2, 0) is 13.1 Å². The standard InChI is InChI=1S/C6H9N3S/c1-10-6-4-2-7-3-5(4)8-9-6/h7H,2-3H2,1H3,(H,8,9). The fraction of sp³-hybridized carbons (Fsp3) is 0.500. The Morgan fingerprint density at radius 2 is 2.40 bits per heavy atom. The molecule has 0 spiro atoms. The third-order valence-electron chi connectivity index (χ3n) is 1.71. The first-order valence-electron chi connectivity index (χ1n) is 3.22. The lowest BCUT2D eigenvalue weighted by atomic mass is 10.3. The number of H-pyrrole nitrogens is 1. The van der Waals surface area contributed by atoms with Gasteiger partial charge in [0.05, 0.1) is 5.69 Å². The van der Waals surface area contributed by atoms with E-state index in [1.165, 1.54) is 11.3 Å². The van der Waals surface area contributed by atoms with Crippen molar-refractivity contribution in [1.82, 2.24) is 15.5 Å². The zero-order chi connectivity index (χ0) is 6.97. The molecule has 0 amide bonds. The molecule has 1 aromatic rings. The number of nitrogens with zero attached hydrogens (tertiary/aromatic N) is 1. The lowest BCUT2D eigenvalue weighted by molar-refractivity contribution is 0.728. The Bertz CT molecular complexity index is 243. The summed E-state index contributed by atoms with van der Waals surface area (Å²) in [6.45, 7) is 1.92. The van der Waals surface area contributed by atoms with Crippen molar-refractivity contribution in [3.05, 3.63) is 11.3 Å². The van der Waals surface area contributed by atoms with Crippen LogP contribution in [0.3, 0.4) is 0 Å². The molecule has 3 nitrogen and oxygen atoms in total. The summed E-state index contributed by atoms with van der Waals surface area (Å²) in [5, 5.41) is 11.6. The first-order chi connectivity index (χ1) is 4.92. The van der Waals surface area contributed by atoms with E-state index in [1.807, 2.05) is 0 Å². The molecule has 54 valence electrons. The summed E-state index contributed by atoms with van der Waals surface area (Å²) in [5.41, 5.74) is 2.61. The summed E-state index contributed by atoms with van der Waals surface area (Å²) in [7, 11) is 0. The van der Waals surface area contributed by atoms with Crippen LogP contribution in [0.1, 0.15) is 11.3 Å². The van der Waals surface area contributed by atoms with Crippen molar-refractivity contribution >= 4 is 11.8 Å². The van der Waals surface area contributed by atoms with Crippen LogP contribution in [-0.4, -0.2) is 16.5 Å². The number of hydrogen-bond donors (Lipinski definition) is 2. The fourth-order valence-electron chi connectivity index (χ4n) is 1.19. The van der Waals surface area contributed by atoms with E-state index < -0.39 is 0 Å². The van der Waals surface area contributed by atoms with Gasteiger partial charge in [0.25, 0.3) is 0 Å². The van der Waals surface area contributed by atoms with Gasteiger partial charge in [-0.15, -0.1) is 11.8 Å². The number of hydrogen-bond acceptors (Lipinski definition) is 3. The normalized spacial score (nSPS) is 15.7. The van der Waals surface area contributed by atoms with Gasteiger partial charge in [-0.3, -0.25) is 5.10 Å². The van der Waals surface area contributed by atoms with Crippen molar-refractivity contribution in [3.63, 3.8) is 0 Å². The summed E-state index contributed by atoms with van der Waals surface area (Å²) in [4.78, 5) is 0. The van der Waals surface area contributed by atoms with Crippen LogP contribution in [0.4, 0.5) is 0 Å². The predicted molar refractivity (Wildman–Crippen MR) is 40.9 cm³/mol. The number of fused-ring (bicyclic) bond motifs is 1. The van der Waals surface area contributed by atoms with Crippen molar-refractivity contribution in [3.8, 4) is 0 Å². The Balaban J connectivity index is 2.44. The second-order valence-corrected chi connectivity index (χ2v) is 3.09. The molecule has 0 radical (unpaired) electrons. The third kappa shape index (κ3) is 0.759. The summed E-state index contributed by atoms with van der Waals surface area (Å²) in [5.74, 6) is 0. The number of rotatable bonds is 1. The molecule has 0 fully saturated rings. The Hall–Kier alpha value is -0.480. The second kappa shape index (κ2) is 2.29. The lowest BCUT2D eigenvalue weighted by Gasteiger charge is -1.90. The zero-order valence-electron chi connectivity index (χ0n) is 5.77. The van der Waals surface area contributed by atoms with Crippen LogP contribution in [0.2, 0.25) is 0 Å². The maximum absolute atomic E-state index is 4.15. The third-order valence-corrected chi connectivity index (χ3v) is 2.44. The molecule has 4 heteroatoms. The largest absolute Gasteiger partial charge is 0.307 e. The summed E-state index contributed by atoms with van der Waals surface area (Å²) >= 11 is 1.70. The molecule has 0 saturated carbocycles. The van der Waals surface area contributed by atoms with Gasteiger partial charge in [0, 0.05) is 18.7 Å². The molecular formula is C6H9N3S. The van der Waals surface area contributed by atoms with E-state index in [9.17, 15) is 0 Å². The van der Waals surface area contributed by atoms with Crippen LogP contribution in [0.15, 0.2) is 5.03 Å². The van der Waals surface area contributed by atoms with Gasteiger partial charge in [-0.1, -0.05) is 0 Å². The van der Waals surface area contributed by atoms with E-state index in [0.717, 1.165) is 18.1 Å². The average Bonchev–Trinajstić information content (AvgIpc) is 2.44. The minimum Gasteiger partial charge on any atom is -0.307 e. The fourth-order valence-corrected chi connectivity index (χ4v) is 1.77. The van der Waals surface area contributed by atoms with Crippen LogP contribution in [0.5, 0.6) is 0 Å². The topological polar surface area (TPSA) is 40.7 Å². The van der Waals surface area contributed by atoms with Gasteiger partial charge in [-0.25, -0.2) is 0 Å². The molecular weight excluding hydrogens is 146 g/mol. The van der Waals surface area contributed by atoms with Crippen LogP contribution in [0.25, 0.3) is 0 Å². The maximum Gasteiger partial charge on any atom is 0.122 e. The second-order valence-electron chi connectivity index (χ2n) is 2.29. The first kappa shape index (κ1) is 6.24. The van der Waals surface area contributed by atoms with Gasteiger partial charge in [0.15, 0.2) is 0 Å². The molecule has 1 aliphatic heterocycles. The molecule has 2 heterocycles. The molecule has 0 saturated heterocycles. The van der Waals surface area contributed by atoms with E-state index in [0.29, 0.717) is 0 Å². The van der Waals surface area contributed by atoms with Crippen LogP contribution >= 0.6 is 11.8 Å². The number of thioether (sulfide) groups is 1. The van der Waals surface area contributed by atoms with E-state index >= 15 is 0 Å². The summed E-state index contributed by atoms with van der Waals surface area (Å²) in [6, 6.07) is 0. The Morgan fingerprint density at radius 1 is 1.50 bits per heavy atom. The predicted octanol–water partition coefficient (Wildman–Crippen LogP) is 0.735. The molecule has 0 unspecified atom stereocenters. The summed E-state index contributed by atoms with van der Waals surface area (Å²) in [6.07, 6.45) is 2.05. The smallest absolute Gasteiger partial charge is 0.122 e. The lowest BCUT2D eigenvalue weighted by Crippen LogP contribution is -2.02. The first-order valence-corrected chi connectivity index (χ1v) is 4.45. The molecule has 1 aromatic heterocycles. The minimum absolute atomic E-state index is 0.947. The Labute approximate surface area is 63.6 Å². The molecule has 0 aromatic carbocycles. The van der Waals surface area contributed by atoms with Gasteiger partial charge in [0.1, 0.15) is 5.03 Å². The van der Waals surface area contributed by atoms with Gasteiger partial charge in [-0.05, 0) is 6.26 Å². The zero-order valence-corrected chi connectivity index (χ0v) is 6.59. The van der Waals surface area contributed by atoms with E-state index in [2.05, 4.69) is 21.8 Å². The van der Waals surface area contributed by atoms with E-state index in [-0.39, 0.29) is 0 Å². The van der Waals surface area contributed by atoms with Crippen LogP contribution in [0, 0.1) is 0 Å². The monoisotopic (exact) mass is 155 g/mol. The highest BCUT2D eigenvalue weighted by Crippen LogP contribution is 2.23. The van der Waals surface area contributed by atoms with Gasteiger partial charge < -0.3 is 5.32 Å². The Kier molecular flexibility index (Phi) is 1.43. The molecule has 10 heavy (non-hydrogen) atoms. The average molecular weight is 155 g/mol. The van der Waals surface area contributed by atoms with Crippen molar-refractivity contribution in [2.24, 2.45) is 0 Å². The van der Waals surface area contributed by atoms with Crippen LogP contribution < -0.4 is 5.32 Å². The number of aromatic nitrogens is 2. The molecule has 2 rings (SSSR count). The van der Waals surface area contributed by atoms with Crippen molar-refractivity contribution < 1.29 is 0 Å². The van der Waals surface area contributed by atoms with Gasteiger partial charge in [-0.2, -0.15) is 5.10 Å². The van der Waals surface area contributed by atoms with Crippen molar-refractivity contribution in [1.29, 1.82) is 0 Å². The number of aromatic amines is 1. The maximum atomic E-state index is 4.15. The highest BCUT2D eigenvalue weighted by molar-refractivity contribution is 7.98. The minimum atomic E-state index is 0.947. The number of nitrogens with one attached hydrogen (secondary N) is 2. The molecule has 1 aliphatic rings. The molecule has 0 atom stereocenters. The Morgan fingerprint density at radius 3 is 3.20 bits per heavy atom. The molecule has 0 bridgehead atoms. The highest BCUT2D eigenvalue weighted by Gasteiger charge is 2.16. The molecule has 0 aliphatic carbocycles. The summed E-state index contributed by atoms with van der Waals surface area (Å²) < 4.78 is 0.